The number of hydrogen-bond donors (Lipinski definition) is 1. The molecule has 0 atom stereocenters. The molecule has 1 N–H and O–H groups in total. The van der Waals surface area contributed by atoms with E-state index in [1.54, 1.807) is 0 Å². The summed E-state index contributed by atoms with van der Waals surface area (Å²) in [6.07, 6.45) is 1.10. The molecule has 0 saturated carbocycles. The third-order valence-corrected chi connectivity index (χ3v) is 3.13. The molecule has 2 nitrogen and oxygen atoms in total. The van der Waals surface area contributed by atoms with Crippen LogP contribution < -0.4 is 5.32 Å². The summed E-state index contributed by atoms with van der Waals surface area (Å²) in [5, 5.41) is 3.50. The van der Waals surface area contributed by atoms with Crippen LogP contribution in [0.5, 0.6) is 0 Å². The van der Waals surface area contributed by atoms with Crippen LogP contribution in [0, 0.1) is 10.8 Å². The van der Waals surface area contributed by atoms with Gasteiger partial charge in [-0.25, -0.2) is 0 Å². The van der Waals surface area contributed by atoms with Gasteiger partial charge >= 0.3 is 0 Å². The molecular weight excluding hydrogens is 186 g/mol. The SMILES string of the molecule is CCC(C)(C)C1=C(C(C)(C)C)NCCO1. The Labute approximate surface area is 94.1 Å². The lowest BCUT2D eigenvalue weighted by Crippen LogP contribution is -2.37. The molecule has 0 aromatic rings. The van der Waals surface area contributed by atoms with E-state index in [1.807, 2.05) is 0 Å². The number of hydrogen-bond acceptors (Lipinski definition) is 2. The highest BCUT2D eigenvalue weighted by molar-refractivity contribution is 5.20. The lowest BCUT2D eigenvalue weighted by Gasteiger charge is -2.37. The Bertz CT molecular complexity index is 258. The second kappa shape index (κ2) is 4.07. The molecule has 0 spiro atoms. The van der Waals surface area contributed by atoms with Crippen LogP contribution >= 0.6 is 0 Å². The molecule has 0 saturated heterocycles. The van der Waals surface area contributed by atoms with Gasteiger partial charge in [-0.05, 0) is 6.42 Å². The fraction of sp³-hybridized carbons (Fsp3) is 0.846. The summed E-state index contributed by atoms with van der Waals surface area (Å²) in [5.74, 6) is 1.16. The fourth-order valence-corrected chi connectivity index (χ4v) is 1.78. The van der Waals surface area contributed by atoms with E-state index in [4.69, 9.17) is 4.74 Å². The number of allylic oxidation sites excluding steroid dienone is 2. The summed E-state index contributed by atoms with van der Waals surface area (Å²) < 4.78 is 5.89. The number of rotatable bonds is 2. The van der Waals surface area contributed by atoms with Crippen molar-refractivity contribution in [3.63, 3.8) is 0 Å². The summed E-state index contributed by atoms with van der Waals surface area (Å²) in [4.78, 5) is 0. The first kappa shape index (κ1) is 12.4. The maximum Gasteiger partial charge on any atom is 0.121 e. The molecule has 1 aliphatic heterocycles. The molecule has 1 aliphatic rings. The van der Waals surface area contributed by atoms with E-state index in [0.717, 1.165) is 25.3 Å². The molecule has 2 heteroatoms. The zero-order chi connectivity index (χ0) is 11.7. The van der Waals surface area contributed by atoms with Crippen LogP contribution in [0.15, 0.2) is 11.5 Å². The van der Waals surface area contributed by atoms with Gasteiger partial charge in [0.25, 0.3) is 0 Å². The van der Waals surface area contributed by atoms with Crippen molar-refractivity contribution in [3.05, 3.63) is 11.5 Å². The highest BCUT2D eigenvalue weighted by Gasteiger charge is 2.33. The Kier molecular flexibility index (Phi) is 3.37. The minimum atomic E-state index is 0.135. The van der Waals surface area contributed by atoms with Crippen LogP contribution in [0.3, 0.4) is 0 Å². The Morgan fingerprint density at radius 1 is 1.20 bits per heavy atom. The Morgan fingerprint density at radius 2 is 1.80 bits per heavy atom. The van der Waals surface area contributed by atoms with Gasteiger partial charge in [0.15, 0.2) is 0 Å². The molecule has 0 radical (unpaired) electrons. The van der Waals surface area contributed by atoms with E-state index in [-0.39, 0.29) is 10.8 Å². The minimum Gasteiger partial charge on any atom is -0.494 e. The topological polar surface area (TPSA) is 21.3 Å². The zero-order valence-electron chi connectivity index (χ0n) is 11.0. The van der Waals surface area contributed by atoms with E-state index in [9.17, 15) is 0 Å². The van der Waals surface area contributed by atoms with E-state index in [1.165, 1.54) is 5.70 Å². The summed E-state index contributed by atoms with van der Waals surface area (Å²) in [7, 11) is 0. The third-order valence-electron chi connectivity index (χ3n) is 3.13. The molecule has 0 fully saturated rings. The predicted octanol–water partition coefficient (Wildman–Crippen LogP) is 3.30. The molecule has 0 bridgehead atoms. The number of nitrogens with one attached hydrogen (secondary N) is 1. The molecule has 1 rings (SSSR count). The van der Waals surface area contributed by atoms with E-state index >= 15 is 0 Å². The first-order chi connectivity index (χ1) is 6.79. The van der Waals surface area contributed by atoms with Crippen molar-refractivity contribution < 1.29 is 4.74 Å². The molecule has 15 heavy (non-hydrogen) atoms. The van der Waals surface area contributed by atoms with Crippen LogP contribution in [-0.4, -0.2) is 13.2 Å². The highest BCUT2D eigenvalue weighted by atomic mass is 16.5. The monoisotopic (exact) mass is 211 g/mol. The van der Waals surface area contributed by atoms with Gasteiger partial charge in [0.05, 0.1) is 5.70 Å². The van der Waals surface area contributed by atoms with E-state index < -0.39 is 0 Å². The molecular formula is C13H25NO. The average molecular weight is 211 g/mol. The van der Waals surface area contributed by atoms with Gasteiger partial charge in [-0.3, -0.25) is 0 Å². The van der Waals surface area contributed by atoms with Crippen molar-refractivity contribution in [1.29, 1.82) is 0 Å². The van der Waals surface area contributed by atoms with Crippen molar-refractivity contribution in [2.75, 3.05) is 13.2 Å². The summed E-state index contributed by atoms with van der Waals surface area (Å²) in [5.41, 5.74) is 1.55. The maximum absolute atomic E-state index is 5.89. The summed E-state index contributed by atoms with van der Waals surface area (Å²) in [6, 6.07) is 0. The van der Waals surface area contributed by atoms with Crippen molar-refractivity contribution in [1.82, 2.24) is 5.32 Å². The van der Waals surface area contributed by atoms with Crippen LogP contribution in [0.2, 0.25) is 0 Å². The van der Waals surface area contributed by atoms with Crippen LogP contribution in [-0.2, 0) is 4.74 Å². The van der Waals surface area contributed by atoms with Gasteiger partial charge in [0, 0.05) is 17.4 Å². The third kappa shape index (κ3) is 2.67. The fourth-order valence-electron chi connectivity index (χ4n) is 1.78. The molecule has 0 aliphatic carbocycles. The molecule has 0 aromatic carbocycles. The average Bonchev–Trinajstić information content (AvgIpc) is 2.16. The van der Waals surface area contributed by atoms with Crippen molar-refractivity contribution >= 4 is 0 Å². The Hall–Kier alpha value is -0.660. The second-order valence-corrected chi connectivity index (χ2v) is 5.97. The largest absolute Gasteiger partial charge is 0.494 e. The smallest absolute Gasteiger partial charge is 0.121 e. The lowest BCUT2D eigenvalue weighted by atomic mass is 9.80. The van der Waals surface area contributed by atoms with Crippen molar-refractivity contribution in [3.8, 4) is 0 Å². The normalized spacial score (nSPS) is 18.5. The standard InChI is InChI=1S/C13H25NO/c1-7-13(5,6)11-10(12(2,3)4)14-8-9-15-11/h14H,7-9H2,1-6H3. The van der Waals surface area contributed by atoms with Gasteiger partial charge in [0.1, 0.15) is 12.4 Å². The second-order valence-electron chi connectivity index (χ2n) is 5.97. The first-order valence-electron chi connectivity index (χ1n) is 5.91. The van der Waals surface area contributed by atoms with Gasteiger partial charge in [0.2, 0.25) is 0 Å². The lowest BCUT2D eigenvalue weighted by molar-refractivity contribution is 0.111. The quantitative estimate of drug-likeness (QED) is 0.756. The maximum atomic E-state index is 5.89. The molecule has 0 aromatic heterocycles. The molecule has 1 heterocycles. The first-order valence-corrected chi connectivity index (χ1v) is 5.91. The van der Waals surface area contributed by atoms with Crippen molar-refractivity contribution in [2.45, 2.75) is 48.0 Å². The van der Waals surface area contributed by atoms with Crippen LogP contribution in [0.4, 0.5) is 0 Å². The van der Waals surface area contributed by atoms with Gasteiger partial charge < -0.3 is 10.1 Å². The zero-order valence-corrected chi connectivity index (χ0v) is 11.0. The van der Waals surface area contributed by atoms with E-state index in [2.05, 4.69) is 46.9 Å². The molecule has 0 amide bonds. The minimum absolute atomic E-state index is 0.135. The summed E-state index contributed by atoms with van der Waals surface area (Å²) >= 11 is 0. The molecule has 0 unspecified atom stereocenters. The van der Waals surface area contributed by atoms with E-state index in [0.29, 0.717) is 0 Å². The number of ether oxygens (including phenoxy) is 1. The van der Waals surface area contributed by atoms with Gasteiger partial charge in [-0.1, -0.05) is 41.5 Å². The van der Waals surface area contributed by atoms with Crippen molar-refractivity contribution in [2.24, 2.45) is 10.8 Å². The van der Waals surface area contributed by atoms with Gasteiger partial charge in [-0.2, -0.15) is 0 Å². The highest BCUT2D eigenvalue weighted by Crippen LogP contribution is 2.39. The van der Waals surface area contributed by atoms with Gasteiger partial charge in [-0.15, -0.1) is 0 Å². The summed E-state index contributed by atoms with van der Waals surface area (Å²) in [6.45, 7) is 15.1. The Balaban J connectivity index is 3.12. The molecule has 88 valence electrons. The Morgan fingerprint density at radius 3 is 2.27 bits per heavy atom. The predicted molar refractivity (Wildman–Crippen MR) is 64.5 cm³/mol. The van der Waals surface area contributed by atoms with Crippen LogP contribution in [0.25, 0.3) is 0 Å². The van der Waals surface area contributed by atoms with Crippen LogP contribution in [0.1, 0.15) is 48.0 Å².